The molecule has 1 saturated heterocycles. The van der Waals surface area contributed by atoms with Crippen LogP contribution in [0.15, 0.2) is 48.5 Å². The van der Waals surface area contributed by atoms with Crippen molar-refractivity contribution in [1.82, 2.24) is 21.3 Å². The minimum Gasteiger partial charge on any atom is -0.351 e. The lowest BCUT2D eigenvalue weighted by Crippen LogP contribution is -2.70. The van der Waals surface area contributed by atoms with Crippen molar-refractivity contribution >= 4 is 52.7 Å². The Bertz CT molecular complexity index is 960. The Balaban J connectivity index is 1.45. The number of nitrogens with two attached hydrogens (primary N) is 1. The quantitative estimate of drug-likeness (QED) is 0.407. The van der Waals surface area contributed by atoms with Crippen LogP contribution in [0.4, 0.5) is 0 Å². The summed E-state index contributed by atoms with van der Waals surface area (Å²) in [5.74, 6) is -1.01. The van der Waals surface area contributed by atoms with Gasteiger partial charge in [0.1, 0.15) is 11.5 Å². The fourth-order valence-electron chi connectivity index (χ4n) is 2.81. The predicted molar refractivity (Wildman–Crippen MR) is 122 cm³/mol. The first-order valence-electron chi connectivity index (χ1n) is 9.33. The largest absolute Gasteiger partial charge is 0.351 e. The predicted octanol–water partition coefficient (Wildman–Crippen LogP) is 1.43. The molecule has 3 rings (SSSR count). The van der Waals surface area contributed by atoms with Gasteiger partial charge in [-0.3, -0.25) is 19.7 Å². The van der Waals surface area contributed by atoms with E-state index in [1.165, 1.54) is 11.8 Å². The molecule has 164 valence electrons. The molecule has 1 fully saturated rings. The van der Waals surface area contributed by atoms with Crippen molar-refractivity contribution in [2.45, 2.75) is 24.3 Å². The molecule has 2 aromatic carbocycles. The SMILES string of the molecule is NC1NC(SCC(=O)NCc2ccccc2Cl)NC(=O)C1NC(=O)c1ccc(Cl)cc1. The van der Waals surface area contributed by atoms with E-state index in [2.05, 4.69) is 21.3 Å². The first kappa shape index (κ1) is 23.4. The van der Waals surface area contributed by atoms with Crippen LogP contribution in [0.25, 0.3) is 0 Å². The minimum atomic E-state index is -0.964. The Morgan fingerprint density at radius 2 is 1.81 bits per heavy atom. The van der Waals surface area contributed by atoms with Gasteiger partial charge < -0.3 is 21.7 Å². The summed E-state index contributed by atoms with van der Waals surface area (Å²) in [5, 5.41) is 12.1. The summed E-state index contributed by atoms with van der Waals surface area (Å²) in [5.41, 5.74) is 6.63. The molecule has 0 spiro atoms. The molecule has 1 aliphatic heterocycles. The highest BCUT2D eigenvalue weighted by Gasteiger charge is 2.35. The molecule has 31 heavy (non-hydrogen) atoms. The van der Waals surface area contributed by atoms with E-state index in [1.54, 1.807) is 30.3 Å². The number of carbonyl (C=O) groups excluding carboxylic acids is 3. The third kappa shape index (κ3) is 6.59. The van der Waals surface area contributed by atoms with Gasteiger partial charge in [-0.15, -0.1) is 11.8 Å². The third-order valence-electron chi connectivity index (χ3n) is 4.47. The Morgan fingerprint density at radius 3 is 2.48 bits per heavy atom. The average molecular weight is 482 g/mol. The molecule has 0 radical (unpaired) electrons. The number of benzene rings is 2. The second-order valence-electron chi connectivity index (χ2n) is 6.72. The van der Waals surface area contributed by atoms with Crippen molar-refractivity contribution < 1.29 is 14.4 Å². The van der Waals surface area contributed by atoms with Crippen LogP contribution in [0.3, 0.4) is 0 Å². The van der Waals surface area contributed by atoms with Gasteiger partial charge in [0.15, 0.2) is 0 Å². The lowest BCUT2D eigenvalue weighted by Gasteiger charge is -2.35. The third-order valence-corrected chi connectivity index (χ3v) is 6.10. The highest BCUT2D eigenvalue weighted by atomic mass is 35.5. The van der Waals surface area contributed by atoms with Crippen molar-refractivity contribution in [2.75, 3.05) is 5.75 Å². The normalized spacial score (nSPS) is 20.6. The summed E-state index contributed by atoms with van der Waals surface area (Å²) >= 11 is 13.1. The molecule has 1 heterocycles. The summed E-state index contributed by atoms with van der Waals surface area (Å²) in [6.07, 6.45) is -0.825. The maximum Gasteiger partial charge on any atom is 0.252 e. The van der Waals surface area contributed by atoms with Crippen molar-refractivity contribution in [3.05, 3.63) is 69.7 Å². The number of hydrogen-bond donors (Lipinski definition) is 5. The minimum absolute atomic E-state index is 0.0942. The number of amides is 3. The molecular formula is C20H21Cl2N5O3S. The van der Waals surface area contributed by atoms with E-state index in [9.17, 15) is 14.4 Å². The Hall–Kier alpha value is -2.30. The number of carbonyl (C=O) groups is 3. The Morgan fingerprint density at radius 1 is 1.10 bits per heavy atom. The van der Waals surface area contributed by atoms with Crippen LogP contribution < -0.4 is 27.0 Å². The Labute approximate surface area is 193 Å². The van der Waals surface area contributed by atoms with Gasteiger partial charge >= 0.3 is 0 Å². The summed E-state index contributed by atoms with van der Waals surface area (Å²) in [7, 11) is 0. The maximum absolute atomic E-state index is 12.4. The van der Waals surface area contributed by atoms with Crippen molar-refractivity contribution in [3.8, 4) is 0 Å². The van der Waals surface area contributed by atoms with Gasteiger partial charge in [-0.05, 0) is 35.9 Å². The van der Waals surface area contributed by atoms with E-state index in [4.69, 9.17) is 28.9 Å². The number of nitrogens with one attached hydrogen (secondary N) is 4. The van der Waals surface area contributed by atoms with Gasteiger partial charge in [0.2, 0.25) is 11.8 Å². The van der Waals surface area contributed by atoms with Crippen LogP contribution >= 0.6 is 35.0 Å². The van der Waals surface area contributed by atoms with E-state index in [-0.39, 0.29) is 11.7 Å². The second-order valence-corrected chi connectivity index (χ2v) is 8.66. The van der Waals surface area contributed by atoms with Crippen LogP contribution in [0.1, 0.15) is 15.9 Å². The smallest absolute Gasteiger partial charge is 0.252 e. The monoisotopic (exact) mass is 481 g/mol. The molecule has 3 unspecified atom stereocenters. The van der Waals surface area contributed by atoms with Gasteiger partial charge in [-0.2, -0.15) is 0 Å². The van der Waals surface area contributed by atoms with Crippen molar-refractivity contribution in [2.24, 2.45) is 5.73 Å². The van der Waals surface area contributed by atoms with E-state index in [0.29, 0.717) is 22.2 Å². The van der Waals surface area contributed by atoms with Gasteiger partial charge in [0.25, 0.3) is 5.91 Å². The van der Waals surface area contributed by atoms with Crippen LogP contribution in [0.2, 0.25) is 10.0 Å². The first-order valence-corrected chi connectivity index (χ1v) is 11.1. The molecule has 11 heteroatoms. The zero-order chi connectivity index (χ0) is 22.4. The van der Waals surface area contributed by atoms with Crippen molar-refractivity contribution in [3.63, 3.8) is 0 Å². The van der Waals surface area contributed by atoms with Crippen LogP contribution in [0, 0.1) is 0 Å². The molecule has 0 aliphatic carbocycles. The standard InChI is InChI=1S/C20H21Cl2N5O3S/c21-13-7-5-11(6-8-13)18(29)25-16-17(23)26-20(27-19(16)30)31-10-15(28)24-9-12-3-1-2-4-14(12)22/h1-8,16-17,20,26H,9-10,23H2,(H,24,28)(H,25,29)(H,27,30). The van der Waals surface area contributed by atoms with E-state index in [0.717, 1.165) is 5.56 Å². The number of hydrogen-bond acceptors (Lipinski definition) is 6. The van der Waals surface area contributed by atoms with Crippen LogP contribution in [-0.4, -0.2) is 41.2 Å². The van der Waals surface area contributed by atoms with Gasteiger partial charge in [0, 0.05) is 22.2 Å². The highest BCUT2D eigenvalue weighted by Crippen LogP contribution is 2.15. The maximum atomic E-state index is 12.4. The van der Waals surface area contributed by atoms with Crippen LogP contribution in [0.5, 0.6) is 0 Å². The molecule has 3 amide bonds. The van der Waals surface area contributed by atoms with Gasteiger partial charge in [0.05, 0.1) is 11.9 Å². The molecule has 8 nitrogen and oxygen atoms in total. The zero-order valence-corrected chi connectivity index (χ0v) is 18.6. The topological polar surface area (TPSA) is 125 Å². The summed E-state index contributed by atoms with van der Waals surface area (Å²) in [4.78, 5) is 36.9. The van der Waals surface area contributed by atoms with Gasteiger partial charge in [-0.25, -0.2) is 0 Å². The fraction of sp³-hybridized carbons (Fsp3) is 0.250. The van der Waals surface area contributed by atoms with E-state index >= 15 is 0 Å². The molecule has 0 saturated carbocycles. The first-order chi connectivity index (χ1) is 14.8. The molecule has 0 aromatic heterocycles. The number of halogens is 2. The van der Waals surface area contributed by atoms with E-state index in [1.807, 2.05) is 18.2 Å². The summed E-state index contributed by atoms with van der Waals surface area (Å²) in [6, 6.07) is 12.5. The number of rotatable bonds is 7. The second kappa shape index (κ2) is 10.8. The summed E-state index contributed by atoms with van der Waals surface area (Å²) < 4.78 is 0. The lowest BCUT2D eigenvalue weighted by atomic mass is 10.1. The molecular weight excluding hydrogens is 461 g/mol. The fourth-order valence-corrected chi connectivity index (χ4v) is 4.01. The Kier molecular flexibility index (Phi) is 8.16. The van der Waals surface area contributed by atoms with Gasteiger partial charge in [-0.1, -0.05) is 41.4 Å². The zero-order valence-electron chi connectivity index (χ0n) is 16.2. The van der Waals surface area contributed by atoms with Crippen LogP contribution in [-0.2, 0) is 16.1 Å². The lowest BCUT2D eigenvalue weighted by molar-refractivity contribution is -0.126. The van der Waals surface area contributed by atoms with Crippen molar-refractivity contribution in [1.29, 1.82) is 0 Å². The van der Waals surface area contributed by atoms with E-state index < -0.39 is 29.5 Å². The summed E-state index contributed by atoms with van der Waals surface area (Å²) in [6.45, 7) is 0.307. The number of thioether (sulfide) groups is 1. The highest BCUT2D eigenvalue weighted by molar-refractivity contribution is 8.00. The molecule has 6 N–H and O–H groups in total. The average Bonchev–Trinajstić information content (AvgIpc) is 2.74. The molecule has 3 atom stereocenters. The molecule has 1 aliphatic rings. The molecule has 2 aromatic rings. The molecule has 0 bridgehead atoms.